The molecule has 0 saturated heterocycles. The smallest absolute Gasteiger partial charge is 0.145 e. The molecule has 1 aromatic carbocycles. The summed E-state index contributed by atoms with van der Waals surface area (Å²) >= 11 is 0. The lowest BCUT2D eigenvalue weighted by Crippen LogP contribution is -1.93. The standard InChI is InChI=1S/C15H10N4/c1-18-12-5-3-2-4-11(12)14-15(18)19-9-10(8-16)6-7-13(19)17-14/h2-7,9H,1H3. The Bertz CT molecular complexity index is 982. The van der Waals surface area contributed by atoms with Gasteiger partial charge < -0.3 is 4.57 Å². The fraction of sp³-hybridized carbons (Fsp3) is 0.0667. The molecule has 0 fully saturated rings. The number of benzene rings is 1. The Morgan fingerprint density at radius 2 is 2.00 bits per heavy atom. The van der Waals surface area contributed by atoms with Gasteiger partial charge in [0.1, 0.15) is 22.9 Å². The second-order valence-corrected chi connectivity index (χ2v) is 4.62. The average Bonchev–Trinajstić information content (AvgIpc) is 2.96. The number of aryl methyl sites for hydroxylation is 1. The number of nitrogens with zero attached hydrogens (tertiary/aromatic N) is 4. The molecule has 90 valence electrons. The van der Waals surface area contributed by atoms with Crippen LogP contribution in [0.15, 0.2) is 42.6 Å². The van der Waals surface area contributed by atoms with Crippen molar-refractivity contribution < 1.29 is 0 Å². The number of nitriles is 1. The van der Waals surface area contributed by atoms with Crippen LogP contribution in [0.5, 0.6) is 0 Å². The molecule has 4 heteroatoms. The molecule has 4 aromatic rings. The minimum atomic E-state index is 0.636. The quantitative estimate of drug-likeness (QED) is 0.479. The summed E-state index contributed by atoms with van der Waals surface area (Å²) in [6.45, 7) is 0. The predicted octanol–water partition coefficient (Wildman–Crippen LogP) is 2.85. The number of imidazole rings is 1. The van der Waals surface area contributed by atoms with E-state index in [0.29, 0.717) is 5.56 Å². The van der Waals surface area contributed by atoms with E-state index in [1.165, 1.54) is 0 Å². The van der Waals surface area contributed by atoms with Gasteiger partial charge in [-0.2, -0.15) is 5.26 Å². The van der Waals surface area contributed by atoms with E-state index in [1.807, 2.05) is 35.8 Å². The summed E-state index contributed by atoms with van der Waals surface area (Å²) in [5, 5.41) is 10.2. The zero-order chi connectivity index (χ0) is 13.0. The molecule has 0 bridgehead atoms. The van der Waals surface area contributed by atoms with E-state index in [2.05, 4.69) is 27.8 Å². The molecule has 4 rings (SSSR count). The van der Waals surface area contributed by atoms with Crippen LogP contribution in [0.2, 0.25) is 0 Å². The second-order valence-electron chi connectivity index (χ2n) is 4.62. The number of hydrogen-bond donors (Lipinski definition) is 0. The number of rotatable bonds is 0. The third kappa shape index (κ3) is 1.19. The van der Waals surface area contributed by atoms with Crippen molar-refractivity contribution in [3.63, 3.8) is 0 Å². The Morgan fingerprint density at radius 1 is 1.16 bits per heavy atom. The van der Waals surface area contributed by atoms with Crippen molar-refractivity contribution in [1.29, 1.82) is 5.26 Å². The van der Waals surface area contributed by atoms with Crippen LogP contribution in [-0.4, -0.2) is 14.0 Å². The van der Waals surface area contributed by atoms with Crippen LogP contribution in [0.3, 0.4) is 0 Å². The number of hydrogen-bond acceptors (Lipinski definition) is 2. The molecule has 3 heterocycles. The summed E-state index contributed by atoms with van der Waals surface area (Å²) in [6, 6.07) is 14.0. The highest BCUT2D eigenvalue weighted by molar-refractivity contribution is 6.06. The van der Waals surface area contributed by atoms with Gasteiger partial charge in [-0.05, 0) is 18.2 Å². The monoisotopic (exact) mass is 246 g/mol. The fourth-order valence-electron chi connectivity index (χ4n) is 2.68. The van der Waals surface area contributed by atoms with Crippen LogP contribution in [0.1, 0.15) is 5.56 Å². The first-order valence-corrected chi connectivity index (χ1v) is 6.05. The van der Waals surface area contributed by atoms with Gasteiger partial charge in [0.2, 0.25) is 0 Å². The van der Waals surface area contributed by atoms with E-state index in [4.69, 9.17) is 5.26 Å². The molecule has 0 spiro atoms. The van der Waals surface area contributed by atoms with Crippen molar-refractivity contribution in [3.8, 4) is 6.07 Å². The molecule has 0 unspecified atom stereocenters. The number of aromatic nitrogens is 3. The van der Waals surface area contributed by atoms with Gasteiger partial charge in [0.05, 0.1) is 11.1 Å². The van der Waals surface area contributed by atoms with Crippen molar-refractivity contribution in [3.05, 3.63) is 48.2 Å². The summed E-state index contributed by atoms with van der Waals surface area (Å²) in [5.74, 6) is 0. The molecule has 19 heavy (non-hydrogen) atoms. The minimum Gasteiger partial charge on any atom is -0.328 e. The summed E-state index contributed by atoms with van der Waals surface area (Å²) in [5.41, 5.74) is 4.65. The predicted molar refractivity (Wildman–Crippen MR) is 73.9 cm³/mol. The van der Waals surface area contributed by atoms with Gasteiger partial charge in [0, 0.05) is 18.6 Å². The van der Waals surface area contributed by atoms with Gasteiger partial charge in [0.25, 0.3) is 0 Å². The summed E-state index contributed by atoms with van der Waals surface area (Å²) < 4.78 is 4.10. The van der Waals surface area contributed by atoms with Gasteiger partial charge in [-0.25, -0.2) is 4.98 Å². The molecule has 3 aromatic heterocycles. The highest BCUT2D eigenvalue weighted by Crippen LogP contribution is 2.28. The van der Waals surface area contributed by atoms with Crippen molar-refractivity contribution in [2.75, 3.05) is 0 Å². The largest absolute Gasteiger partial charge is 0.328 e. The van der Waals surface area contributed by atoms with Gasteiger partial charge in [-0.1, -0.05) is 18.2 Å². The van der Waals surface area contributed by atoms with E-state index in [0.717, 1.165) is 27.7 Å². The van der Waals surface area contributed by atoms with Crippen molar-refractivity contribution in [2.24, 2.45) is 7.05 Å². The Morgan fingerprint density at radius 3 is 2.84 bits per heavy atom. The lowest BCUT2D eigenvalue weighted by molar-refractivity contribution is 0.973. The molecular weight excluding hydrogens is 236 g/mol. The van der Waals surface area contributed by atoms with Crippen LogP contribution in [-0.2, 0) is 7.05 Å². The third-order valence-corrected chi connectivity index (χ3v) is 3.56. The van der Waals surface area contributed by atoms with Crippen LogP contribution in [0.25, 0.3) is 27.7 Å². The Hall–Kier alpha value is -2.80. The number of para-hydroxylation sites is 1. The van der Waals surface area contributed by atoms with Gasteiger partial charge in [-0.3, -0.25) is 4.40 Å². The normalized spacial score (nSPS) is 11.4. The molecule has 0 N–H and O–H groups in total. The summed E-state index contributed by atoms with van der Waals surface area (Å²) in [4.78, 5) is 4.67. The fourth-order valence-corrected chi connectivity index (χ4v) is 2.68. The molecule has 0 aliphatic heterocycles. The zero-order valence-electron chi connectivity index (χ0n) is 10.3. The Labute approximate surface area is 109 Å². The number of fused-ring (bicyclic) bond motifs is 5. The first-order valence-electron chi connectivity index (χ1n) is 6.05. The third-order valence-electron chi connectivity index (χ3n) is 3.56. The minimum absolute atomic E-state index is 0.636. The molecule has 0 aliphatic carbocycles. The first kappa shape index (κ1) is 10.2. The van der Waals surface area contributed by atoms with E-state index >= 15 is 0 Å². The molecule has 0 amide bonds. The average molecular weight is 246 g/mol. The molecule has 0 radical (unpaired) electrons. The van der Waals surface area contributed by atoms with Gasteiger partial charge in [0.15, 0.2) is 0 Å². The zero-order valence-corrected chi connectivity index (χ0v) is 10.3. The van der Waals surface area contributed by atoms with E-state index in [9.17, 15) is 0 Å². The maximum atomic E-state index is 9.03. The molecular formula is C15H10N4. The summed E-state index contributed by atoms with van der Waals surface area (Å²) in [7, 11) is 2.03. The van der Waals surface area contributed by atoms with Crippen molar-refractivity contribution in [1.82, 2.24) is 14.0 Å². The Balaban J connectivity index is 2.31. The second kappa shape index (κ2) is 3.36. The van der Waals surface area contributed by atoms with Crippen molar-refractivity contribution in [2.45, 2.75) is 0 Å². The number of pyridine rings is 1. The molecule has 4 nitrogen and oxygen atoms in total. The summed E-state index contributed by atoms with van der Waals surface area (Å²) in [6.07, 6.45) is 1.84. The molecule has 0 aliphatic rings. The molecule has 0 saturated carbocycles. The van der Waals surface area contributed by atoms with Crippen LogP contribution < -0.4 is 0 Å². The maximum Gasteiger partial charge on any atom is 0.145 e. The van der Waals surface area contributed by atoms with Crippen molar-refractivity contribution >= 4 is 27.7 Å². The highest BCUT2D eigenvalue weighted by Gasteiger charge is 2.14. The van der Waals surface area contributed by atoms with Crippen LogP contribution in [0.4, 0.5) is 0 Å². The van der Waals surface area contributed by atoms with Gasteiger partial charge >= 0.3 is 0 Å². The lowest BCUT2D eigenvalue weighted by Gasteiger charge is -2.00. The SMILES string of the molecule is Cn1c2ccccc2c2nc3ccc(C#N)cn3c21. The topological polar surface area (TPSA) is 46.0 Å². The van der Waals surface area contributed by atoms with Crippen LogP contribution >= 0.6 is 0 Å². The van der Waals surface area contributed by atoms with Gasteiger partial charge in [-0.15, -0.1) is 0 Å². The lowest BCUT2D eigenvalue weighted by atomic mass is 10.2. The Kier molecular flexibility index (Phi) is 1.80. The highest BCUT2D eigenvalue weighted by atomic mass is 15.1. The molecule has 0 atom stereocenters. The van der Waals surface area contributed by atoms with Crippen LogP contribution in [0, 0.1) is 11.3 Å². The van der Waals surface area contributed by atoms with E-state index < -0.39 is 0 Å². The first-order chi connectivity index (χ1) is 9.29. The maximum absolute atomic E-state index is 9.03. The van der Waals surface area contributed by atoms with E-state index in [1.54, 1.807) is 6.07 Å². The van der Waals surface area contributed by atoms with E-state index in [-0.39, 0.29) is 0 Å².